The summed E-state index contributed by atoms with van der Waals surface area (Å²) in [5, 5.41) is 0. The first-order valence-electron chi connectivity index (χ1n) is 4.37. The topological polar surface area (TPSA) is 43.1 Å². The Labute approximate surface area is 69.2 Å². The molecule has 2 heteroatoms. The number of carbonyl (C=O) groups excluding carboxylic acids is 1. The summed E-state index contributed by atoms with van der Waals surface area (Å²) < 4.78 is 0. The average Bonchev–Trinajstić information content (AvgIpc) is 1.98. The lowest BCUT2D eigenvalue weighted by Gasteiger charge is -2.13. The van der Waals surface area contributed by atoms with Crippen LogP contribution in [-0.4, -0.2) is 11.8 Å². The Balaban J connectivity index is 3.64. The van der Waals surface area contributed by atoms with E-state index in [1.54, 1.807) is 0 Å². The minimum Gasteiger partial charge on any atom is -0.327 e. The number of hydrogen-bond acceptors (Lipinski definition) is 2. The van der Waals surface area contributed by atoms with Crippen LogP contribution >= 0.6 is 0 Å². The number of rotatable bonds is 5. The quantitative estimate of drug-likeness (QED) is 0.660. The maximum Gasteiger partial charge on any atom is 0.137 e. The Bertz CT molecular complexity index is 121. The molecule has 0 fully saturated rings. The smallest absolute Gasteiger partial charge is 0.137 e. The highest BCUT2D eigenvalue weighted by Crippen LogP contribution is 2.07. The second-order valence-corrected chi connectivity index (χ2v) is 3.22. The molecule has 0 aliphatic heterocycles. The summed E-state index contributed by atoms with van der Waals surface area (Å²) in [4.78, 5) is 11.3. The number of carbonyl (C=O) groups is 1. The summed E-state index contributed by atoms with van der Waals surface area (Å²) in [7, 11) is 0. The van der Waals surface area contributed by atoms with Gasteiger partial charge in [-0.1, -0.05) is 20.3 Å². The fourth-order valence-electron chi connectivity index (χ4n) is 0.872. The third kappa shape index (κ3) is 4.14. The minimum absolute atomic E-state index is 0.000596. The Kier molecular flexibility index (Phi) is 5.12. The highest BCUT2D eigenvalue weighted by Gasteiger charge is 2.15. The molecule has 2 atom stereocenters. The second-order valence-electron chi connectivity index (χ2n) is 3.22. The molecule has 0 amide bonds. The molecule has 0 aromatic carbocycles. The van der Waals surface area contributed by atoms with Crippen LogP contribution in [0.3, 0.4) is 0 Å². The predicted molar refractivity (Wildman–Crippen MR) is 47.3 cm³/mol. The molecule has 2 N–H and O–H groups in total. The summed E-state index contributed by atoms with van der Waals surface area (Å²) in [6.45, 7) is 5.88. The van der Waals surface area contributed by atoms with Gasteiger partial charge < -0.3 is 5.73 Å². The van der Waals surface area contributed by atoms with E-state index >= 15 is 0 Å². The SMILES string of the molecule is CCCCC(=O)C(C)C(C)N. The van der Waals surface area contributed by atoms with E-state index < -0.39 is 0 Å². The van der Waals surface area contributed by atoms with E-state index in [-0.39, 0.29) is 12.0 Å². The van der Waals surface area contributed by atoms with Crippen molar-refractivity contribution in [2.75, 3.05) is 0 Å². The molecule has 0 saturated heterocycles. The van der Waals surface area contributed by atoms with E-state index in [2.05, 4.69) is 6.92 Å². The third-order valence-electron chi connectivity index (χ3n) is 2.07. The van der Waals surface area contributed by atoms with Crippen LogP contribution < -0.4 is 5.73 Å². The summed E-state index contributed by atoms with van der Waals surface area (Å²) >= 11 is 0. The van der Waals surface area contributed by atoms with Gasteiger partial charge in [0.1, 0.15) is 5.78 Å². The molecule has 0 rings (SSSR count). The molecule has 0 aromatic rings. The van der Waals surface area contributed by atoms with Crippen molar-refractivity contribution in [2.45, 2.75) is 46.1 Å². The van der Waals surface area contributed by atoms with E-state index in [0.29, 0.717) is 12.2 Å². The van der Waals surface area contributed by atoms with Gasteiger partial charge in [0.05, 0.1) is 0 Å². The molecule has 0 radical (unpaired) electrons. The first kappa shape index (κ1) is 10.6. The molecular formula is C9H19NO. The molecule has 0 heterocycles. The van der Waals surface area contributed by atoms with E-state index in [9.17, 15) is 4.79 Å². The zero-order valence-corrected chi connectivity index (χ0v) is 7.76. The molecule has 0 saturated carbocycles. The van der Waals surface area contributed by atoms with Gasteiger partial charge in [0.25, 0.3) is 0 Å². The van der Waals surface area contributed by atoms with E-state index in [0.717, 1.165) is 12.8 Å². The molecule has 0 aliphatic carbocycles. The molecular weight excluding hydrogens is 138 g/mol. The van der Waals surface area contributed by atoms with Crippen molar-refractivity contribution in [3.8, 4) is 0 Å². The Morgan fingerprint density at radius 3 is 2.36 bits per heavy atom. The van der Waals surface area contributed by atoms with Crippen LogP contribution in [-0.2, 0) is 4.79 Å². The zero-order chi connectivity index (χ0) is 8.85. The van der Waals surface area contributed by atoms with Crippen LogP contribution in [0.1, 0.15) is 40.0 Å². The molecule has 0 spiro atoms. The minimum atomic E-state index is -0.000596. The van der Waals surface area contributed by atoms with Gasteiger partial charge in [-0.3, -0.25) is 4.79 Å². The van der Waals surface area contributed by atoms with Gasteiger partial charge in [0.15, 0.2) is 0 Å². The van der Waals surface area contributed by atoms with Crippen LogP contribution in [0, 0.1) is 5.92 Å². The van der Waals surface area contributed by atoms with E-state index in [1.807, 2.05) is 13.8 Å². The number of nitrogens with two attached hydrogens (primary N) is 1. The zero-order valence-electron chi connectivity index (χ0n) is 7.76. The van der Waals surface area contributed by atoms with Crippen molar-refractivity contribution in [1.29, 1.82) is 0 Å². The van der Waals surface area contributed by atoms with Crippen molar-refractivity contribution < 1.29 is 4.79 Å². The largest absolute Gasteiger partial charge is 0.327 e. The second kappa shape index (κ2) is 5.30. The predicted octanol–water partition coefficient (Wildman–Crippen LogP) is 1.73. The molecule has 66 valence electrons. The van der Waals surface area contributed by atoms with Crippen molar-refractivity contribution in [2.24, 2.45) is 11.7 Å². The fourth-order valence-corrected chi connectivity index (χ4v) is 0.872. The highest BCUT2D eigenvalue weighted by molar-refractivity contribution is 5.81. The van der Waals surface area contributed by atoms with Crippen molar-refractivity contribution in [1.82, 2.24) is 0 Å². The van der Waals surface area contributed by atoms with Crippen LogP contribution in [0.5, 0.6) is 0 Å². The Hall–Kier alpha value is -0.370. The number of hydrogen-bond donors (Lipinski definition) is 1. The number of Topliss-reactive ketones (excluding diaryl/α,β-unsaturated/α-hetero) is 1. The number of unbranched alkanes of at least 4 members (excludes halogenated alkanes) is 1. The summed E-state index contributed by atoms with van der Waals surface area (Å²) in [6, 6.07) is -0.000596. The van der Waals surface area contributed by atoms with Crippen LogP contribution in [0.15, 0.2) is 0 Å². The lowest BCUT2D eigenvalue weighted by atomic mass is 9.96. The van der Waals surface area contributed by atoms with Gasteiger partial charge in [-0.2, -0.15) is 0 Å². The molecule has 2 unspecified atom stereocenters. The monoisotopic (exact) mass is 157 g/mol. The van der Waals surface area contributed by atoms with E-state index in [1.165, 1.54) is 0 Å². The summed E-state index contributed by atoms with van der Waals surface area (Å²) in [6.07, 6.45) is 2.77. The van der Waals surface area contributed by atoms with Gasteiger partial charge in [-0.25, -0.2) is 0 Å². The normalized spacial score (nSPS) is 16.0. The van der Waals surface area contributed by atoms with Gasteiger partial charge in [0, 0.05) is 18.4 Å². The van der Waals surface area contributed by atoms with Gasteiger partial charge in [0.2, 0.25) is 0 Å². The molecule has 0 aliphatic rings. The van der Waals surface area contributed by atoms with Crippen molar-refractivity contribution in [3.05, 3.63) is 0 Å². The molecule has 0 aromatic heterocycles. The summed E-state index contributed by atoms with van der Waals surface area (Å²) in [5.41, 5.74) is 5.59. The van der Waals surface area contributed by atoms with Crippen LogP contribution in [0.4, 0.5) is 0 Å². The van der Waals surface area contributed by atoms with Gasteiger partial charge in [-0.05, 0) is 13.3 Å². The molecule has 0 bridgehead atoms. The van der Waals surface area contributed by atoms with Crippen molar-refractivity contribution in [3.63, 3.8) is 0 Å². The molecule has 2 nitrogen and oxygen atoms in total. The standard InChI is InChI=1S/C9H19NO/c1-4-5-6-9(11)7(2)8(3)10/h7-8H,4-6,10H2,1-3H3. The van der Waals surface area contributed by atoms with Crippen LogP contribution in [0.2, 0.25) is 0 Å². The fraction of sp³-hybridized carbons (Fsp3) is 0.889. The number of ketones is 1. The first-order valence-corrected chi connectivity index (χ1v) is 4.37. The average molecular weight is 157 g/mol. The summed E-state index contributed by atoms with van der Waals surface area (Å²) in [5.74, 6) is 0.336. The van der Waals surface area contributed by atoms with Gasteiger partial charge >= 0.3 is 0 Å². The highest BCUT2D eigenvalue weighted by atomic mass is 16.1. The lowest BCUT2D eigenvalue weighted by molar-refractivity contribution is -0.122. The van der Waals surface area contributed by atoms with Crippen molar-refractivity contribution >= 4 is 5.78 Å². The maximum absolute atomic E-state index is 11.3. The Morgan fingerprint density at radius 1 is 1.45 bits per heavy atom. The molecule has 11 heavy (non-hydrogen) atoms. The third-order valence-corrected chi connectivity index (χ3v) is 2.07. The Morgan fingerprint density at radius 2 is 2.00 bits per heavy atom. The van der Waals surface area contributed by atoms with Crippen LogP contribution in [0.25, 0.3) is 0 Å². The first-order chi connectivity index (χ1) is 5.09. The maximum atomic E-state index is 11.3. The van der Waals surface area contributed by atoms with E-state index in [4.69, 9.17) is 5.73 Å². The lowest BCUT2D eigenvalue weighted by Crippen LogP contribution is -2.30. The van der Waals surface area contributed by atoms with Gasteiger partial charge in [-0.15, -0.1) is 0 Å².